The highest BCUT2D eigenvalue weighted by molar-refractivity contribution is 5.81. The first-order valence-electron chi connectivity index (χ1n) is 11.0. The second-order valence-electron chi connectivity index (χ2n) is 8.46. The van der Waals surface area contributed by atoms with Gasteiger partial charge in [-0.25, -0.2) is 4.98 Å². The van der Waals surface area contributed by atoms with Gasteiger partial charge in [0.15, 0.2) is 0 Å². The molecule has 3 rings (SSSR count). The minimum absolute atomic E-state index is 0.0730. The lowest BCUT2D eigenvalue weighted by Gasteiger charge is -2.21. The van der Waals surface area contributed by atoms with E-state index in [-0.39, 0.29) is 18.1 Å². The Morgan fingerprint density at radius 3 is 2.44 bits per heavy atom. The van der Waals surface area contributed by atoms with Crippen LogP contribution in [0.15, 0.2) is 35.3 Å². The lowest BCUT2D eigenvalue weighted by Crippen LogP contribution is -2.44. The number of imidazole rings is 1. The third kappa shape index (κ3) is 5.36. The number of ether oxygens (including phenoxy) is 2. The number of fused-ring (bicyclic) bond motifs is 1. The summed E-state index contributed by atoms with van der Waals surface area (Å²) in [6.07, 6.45) is 0.718. The molecule has 2 unspecified atom stereocenters. The monoisotopic (exact) mass is 472 g/mol. The van der Waals surface area contributed by atoms with Crippen molar-refractivity contribution < 1.29 is 24.5 Å². The number of benzene rings is 1. The molecule has 34 heavy (non-hydrogen) atoms. The maximum absolute atomic E-state index is 12.2. The maximum Gasteiger partial charge on any atom is 0.323 e. The Kier molecular flexibility index (Phi) is 8.21. The Balaban J connectivity index is 2.11. The molecule has 10 heteroatoms. The summed E-state index contributed by atoms with van der Waals surface area (Å²) in [5, 5.41) is 21.9. The van der Waals surface area contributed by atoms with Crippen LogP contribution in [0.3, 0.4) is 0 Å². The molecular formula is C24H32N4O6. The first-order valence-corrected chi connectivity index (χ1v) is 11.0. The molecule has 0 fully saturated rings. The first kappa shape index (κ1) is 25.6. The lowest BCUT2D eigenvalue weighted by atomic mass is 10.1. The highest BCUT2D eigenvalue weighted by atomic mass is 16.5. The smallest absolute Gasteiger partial charge is 0.323 e. The minimum Gasteiger partial charge on any atom is -0.480 e. The fourth-order valence-electron chi connectivity index (χ4n) is 4.10. The fraction of sp³-hybridized carbons (Fsp3) is 0.458. The lowest BCUT2D eigenvalue weighted by molar-refractivity contribution is -0.142. The summed E-state index contributed by atoms with van der Waals surface area (Å²) in [4.78, 5) is 28.5. The van der Waals surface area contributed by atoms with E-state index < -0.39 is 18.1 Å². The van der Waals surface area contributed by atoms with Crippen molar-refractivity contribution in [2.24, 2.45) is 7.05 Å². The zero-order valence-electron chi connectivity index (χ0n) is 20.1. The first-order chi connectivity index (χ1) is 16.2. The molecule has 2 atom stereocenters. The van der Waals surface area contributed by atoms with Crippen LogP contribution in [0.4, 0.5) is 0 Å². The van der Waals surface area contributed by atoms with Gasteiger partial charge in [0.25, 0.3) is 5.56 Å². The zero-order valence-corrected chi connectivity index (χ0v) is 20.1. The van der Waals surface area contributed by atoms with Gasteiger partial charge in [-0.05, 0) is 37.6 Å². The molecule has 0 radical (unpaired) electrons. The number of carboxylic acid groups (broad SMARTS) is 1. The molecular weight excluding hydrogens is 440 g/mol. The van der Waals surface area contributed by atoms with Gasteiger partial charge in [-0.2, -0.15) is 0 Å². The van der Waals surface area contributed by atoms with Gasteiger partial charge in [0, 0.05) is 45.1 Å². The SMILES string of the molecule is COCC(COC)n1c(-c2cc(C)c(=O)n(C)c2)nc2cc(CNC(C(=O)O)C(C)O)ccc21. The molecule has 0 amide bonds. The quantitative estimate of drug-likeness (QED) is 0.383. The van der Waals surface area contributed by atoms with Crippen molar-refractivity contribution in [1.82, 2.24) is 19.4 Å². The van der Waals surface area contributed by atoms with Crippen molar-refractivity contribution in [3.05, 3.63) is 51.9 Å². The molecule has 0 spiro atoms. The average molecular weight is 473 g/mol. The zero-order chi connectivity index (χ0) is 25.0. The van der Waals surface area contributed by atoms with Crippen molar-refractivity contribution in [3.8, 4) is 11.4 Å². The van der Waals surface area contributed by atoms with E-state index >= 15 is 0 Å². The summed E-state index contributed by atoms with van der Waals surface area (Å²) in [7, 11) is 4.96. The normalized spacial score (nSPS) is 13.5. The van der Waals surface area contributed by atoms with Gasteiger partial charge >= 0.3 is 5.97 Å². The number of hydrogen-bond acceptors (Lipinski definition) is 7. The molecule has 0 aliphatic carbocycles. The van der Waals surface area contributed by atoms with E-state index in [2.05, 4.69) is 9.88 Å². The van der Waals surface area contributed by atoms with Crippen molar-refractivity contribution in [2.75, 3.05) is 27.4 Å². The molecule has 2 aromatic heterocycles. The maximum atomic E-state index is 12.2. The van der Waals surface area contributed by atoms with Crippen LogP contribution in [0.1, 0.15) is 24.1 Å². The van der Waals surface area contributed by atoms with Crippen LogP contribution in [-0.4, -0.2) is 69.9 Å². The van der Waals surface area contributed by atoms with Crippen molar-refractivity contribution >= 4 is 17.0 Å². The van der Waals surface area contributed by atoms with Crippen LogP contribution in [0.5, 0.6) is 0 Å². The summed E-state index contributed by atoms with van der Waals surface area (Å²) in [6, 6.07) is 6.27. The van der Waals surface area contributed by atoms with E-state index in [1.54, 1.807) is 34.4 Å². The van der Waals surface area contributed by atoms with Crippen LogP contribution in [0.25, 0.3) is 22.4 Å². The van der Waals surface area contributed by atoms with Gasteiger partial charge in [0.1, 0.15) is 11.9 Å². The Hall–Kier alpha value is -3.05. The number of rotatable bonds is 11. The number of pyridine rings is 1. The van der Waals surface area contributed by atoms with Crippen molar-refractivity contribution in [1.29, 1.82) is 0 Å². The van der Waals surface area contributed by atoms with E-state index in [1.165, 1.54) is 11.5 Å². The molecule has 3 N–H and O–H groups in total. The molecule has 0 bridgehead atoms. The number of hydrogen-bond donors (Lipinski definition) is 3. The number of carbonyl (C=O) groups is 1. The molecule has 0 saturated heterocycles. The summed E-state index contributed by atoms with van der Waals surface area (Å²) in [5.74, 6) is -0.444. The summed E-state index contributed by atoms with van der Waals surface area (Å²) in [6.45, 7) is 4.25. The summed E-state index contributed by atoms with van der Waals surface area (Å²) in [5.41, 5.74) is 3.71. The predicted molar refractivity (Wildman–Crippen MR) is 128 cm³/mol. The number of methoxy groups -OCH3 is 2. The Bertz CT molecular complexity index is 1180. The number of aliphatic carboxylic acids is 1. The topological polar surface area (TPSA) is 128 Å². The minimum atomic E-state index is -1.12. The van der Waals surface area contributed by atoms with Crippen LogP contribution in [-0.2, 0) is 27.9 Å². The van der Waals surface area contributed by atoms with Crippen LogP contribution in [0, 0.1) is 6.92 Å². The van der Waals surface area contributed by atoms with Gasteiger partial charge in [0.05, 0.1) is 36.4 Å². The van der Waals surface area contributed by atoms with Crippen LogP contribution in [0.2, 0.25) is 0 Å². The third-order valence-corrected chi connectivity index (χ3v) is 5.73. The predicted octanol–water partition coefficient (Wildman–Crippen LogP) is 1.47. The number of aliphatic hydroxyl groups is 1. The molecule has 0 saturated carbocycles. The van der Waals surface area contributed by atoms with E-state index in [0.29, 0.717) is 30.1 Å². The van der Waals surface area contributed by atoms with Gasteiger partial charge in [0.2, 0.25) is 0 Å². The van der Waals surface area contributed by atoms with Crippen molar-refractivity contribution in [3.63, 3.8) is 0 Å². The summed E-state index contributed by atoms with van der Waals surface area (Å²) >= 11 is 0. The number of carboxylic acids is 1. The van der Waals surface area contributed by atoms with Crippen LogP contribution < -0.4 is 10.9 Å². The molecule has 184 valence electrons. The van der Waals surface area contributed by atoms with E-state index in [1.807, 2.05) is 24.3 Å². The molecule has 0 aliphatic rings. The number of aryl methyl sites for hydroxylation is 2. The highest BCUT2D eigenvalue weighted by Gasteiger charge is 2.24. The van der Waals surface area contributed by atoms with Gasteiger partial charge in [-0.3, -0.25) is 14.9 Å². The largest absolute Gasteiger partial charge is 0.480 e. The third-order valence-electron chi connectivity index (χ3n) is 5.73. The molecule has 10 nitrogen and oxygen atoms in total. The molecule has 2 heterocycles. The van der Waals surface area contributed by atoms with Crippen molar-refractivity contribution in [2.45, 2.75) is 38.6 Å². The highest BCUT2D eigenvalue weighted by Crippen LogP contribution is 2.29. The fourth-order valence-corrected chi connectivity index (χ4v) is 4.10. The second-order valence-corrected chi connectivity index (χ2v) is 8.46. The Morgan fingerprint density at radius 2 is 1.88 bits per heavy atom. The van der Waals surface area contributed by atoms with Gasteiger partial charge in [-0.1, -0.05) is 6.07 Å². The number of aromatic nitrogens is 3. The Labute approximate surface area is 197 Å². The second kappa shape index (κ2) is 10.9. The van der Waals surface area contributed by atoms with E-state index in [4.69, 9.17) is 14.5 Å². The Morgan fingerprint density at radius 1 is 1.21 bits per heavy atom. The molecule has 3 aromatic rings. The molecule has 0 aliphatic heterocycles. The standard InChI is InChI=1S/C24H32N4O6/c1-14-8-17(11-27(3)23(14)30)22-26-19-9-16(10-25-21(15(2)29)24(31)32)6-7-20(19)28(22)18(12-33-4)13-34-5/h6-9,11,15,18,21,25,29H,10,12-13H2,1-5H3,(H,31,32). The average Bonchev–Trinajstić information content (AvgIpc) is 3.15. The number of aliphatic hydroxyl groups excluding tert-OH is 1. The number of nitrogens with zero attached hydrogens (tertiary/aromatic N) is 3. The van der Waals surface area contributed by atoms with Gasteiger partial charge in [-0.15, -0.1) is 0 Å². The van der Waals surface area contributed by atoms with Gasteiger partial charge < -0.3 is 28.8 Å². The summed E-state index contributed by atoms with van der Waals surface area (Å²) < 4.78 is 14.5. The van der Waals surface area contributed by atoms with Crippen LogP contribution >= 0.6 is 0 Å². The van der Waals surface area contributed by atoms with E-state index in [9.17, 15) is 19.8 Å². The molecule has 1 aromatic carbocycles. The number of nitrogens with one attached hydrogen (secondary N) is 1. The van der Waals surface area contributed by atoms with E-state index in [0.717, 1.165) is 16.6 Å².